The zero-order chi connectivity index (χ0) is 14.1. The SMILES string of the molecule is O=C1CCCN1.OC[C@@H](O)[C@@H](O)[C@H](O)[C@H](O)CO. The van der Waals surface area contributed by atoms with Gasteiger partial charge in [-0.1, -0.05) is 0 Å². The molecule has 0 aliphatic carbocycles. The molecule has 0 aromatic heterocycles. The van der Waals surface area contributed by atoms with Crippen molar-refractivity contribution in [2.45, 2.75) is 37.3 Å². The maximum absolute atomic E-state index is 10.1. The van der Waals surface area contributed by atoms with Gasteiger partial charge in [-0.2, -0.15) is 0 Å². The number of rotatable bonds is 5. The van der Waals surface area contributed by atoms with Crippen molar-refractivity contribution >= 4 is 5.91 Å². The van der Waals surface area contributed by atoms with E-state index in [0.717, 1.165) is 19.4 Å². The molecule has 1 rings (SSSR count). The number of aliphatic hydroxyl groups is 6. The standard InChI is InChI=1S/C6H14O6.C4H7NO/c7-1-3(9)5(11)6(12)4(10)2-8;6-4-2-1-3-5-4/h3-12H,1-2H2;1-3H2,(H,5,6)/t3-,4-,5-,6-;/m1./s1. The Morgan fingerprint density at radius 1 is 1.00 bits per heavy atom. The minimum absolute atomic E-state index is 0.204. The molecule has 0 spiro atoms. The molecule has 1 amide bonds. The average Bonchev–Trinajstić information content (AvgIpc) is 2.86. The summed E-state index contributed by atoms with van der Waals surface area (Å²) < 4.78 is 0. The summed E-state index contributed by atoms with van der Waals surface area (Å²) in [6, 6.07) is 0. The summed E-state index contributed by atoms with van der Waals surface area (Å²) >= 11 is 0. The van der Waals surface area contributed by atoms with Gasteiger partial charge in [0.05, 0.1) is 13.2 Å². The van der Waals surface area contributed by atoms with Gasteiger partial charge in [-0.3, -0.25) is 4.79 Å². The first-order chi connectivity index (χ1) is 8.43. The van der Waals surface area contributed by atoms with Gasteiger partial charge in [0.2, 0.25) is 5.91 Å². The van der Waals surface area contributed by atoms with Crippen molar-refractivity contribution < 1.29 is 35.4 Å². The van der Waals surface area contributed by atoms with Gasteiger partial charge in [-0.15, -0.1) is 0 Å². The summed E-state index contributed by atoms with van der Waals surface area (Å²) in [5.74, 6) is 0.204. The molecule has 8 nitrogen and oxygen atoms in total. The summed E-state index contributed by atoms with van der Waals surface area (Å²) in [4.78, 5) is 10.1. The van der Waals surface area contributed by atoms with Crippen molar-refractivity contribution in [1.82, 2.24) is 5.32 Å². The molecule has 0 aromatic carbocycles. The van der Waals surface area contributed by atoms with Gasteiger partial charge in [-0.25, -0.2) is 0 Å². The molecule has 0 saturated carbocycles. The first kappa shape index (κ1) is 17.2. The minimum atomic E-state index is -1.67. The van der Waals surface area contributed by atoms with Crippen LogP contribution in [-0.4, -0.2) is 80.7 Å². The first-order valence-electron chi connectivity index (χ1n) is 5.64. The fourth-order valence-corrected chi connectivity index (χ4v) is 1.24. The maximum Gasteiger partial charge on any atom is 0.220 e. The smallest absolute Gasteiger partial charge is 0.220 e. The van der Waals surface area contributed by atoms with Crippen LogP contribution in [0, 0.1) is 0 Å². The lowest BCUT2D eigenvalue weighted by Gasteiger charge is -2.24. The van der Waals surface area contributed by atoms with E-state index in [1.165, 1.54) is 0 Å². The Bertz CT molecular complexity index is 216. The van der Waals surface area contributed by atoms with Crippen LogP contribution in [0.15, 0.2) is 0 Å². The van der Waals surface area contributed by atoms with Gasteiger partial charge in [0.1, 0.15) is 24.4 Å². The van der Waals surface area contributed by atoms with Crippen molar-refractivity contribution in [3.05, 3.63) is 0 Å². The number of carbonyl (C=O) groups is 1. The van der Waals surface area contributed by atoms with Crippen molar-refractivity contribution in [1.29, 1.82) is 0 Å². The predicted molar refractivity (Wildman–Crippen MR) is 60.4 cm³/mol. The highest BCUT2D eigenvalue weighted by atomic mass is 16.4. The molecule has 1 heterocycles. The first-order valence-corrected chi connectivity index (χ1v) is 5.64. The Labute approximate surface area is 105 Å². The molecule has 8 heteroatoms. The number of hydrogen-bond acceptors (Lipinski definition) is 7. The van der Waals surface area contributed by atoms with Gasteiger partial charge in [0.25, 0.3) is 0 Å². The Balaban J connectivity index is 0.000000397. The van der Waals surface area contributed by atoms with Crippen molar-refractivity contribution in [2.24, 2.45) is 0 Å². The molecular weight excluding hydrogens is 246 g/mol. The highest BCUT2D eigenvalue weighted by molar-refractivity contribution is 5.77. The summed E-state index contributed by atoms with van der Waals surface area (Å²) in [7, 11) is 0. The molecule has 1 saturated heterocycles. The molecular formula is C10H21NO7. The molecule has 7 N–H and O–H groups in total. The lowest BCUT2D eigenvalue weighted by atomic mass is 10.0. The topological polar surface area (TPSA) is 150 Å². The van der Waals surface area contributed by atoms with Gasteiger partial charge < -0.3 is 36.0 Å². The van der Waals surface area contributed by atoms with E-state index in [2.05, 4.69) is 5.32 Å². The fourth-order valence-electron chi connectivity index (χ4n) is 1.24. The van der Waals surface area contributed by atoms with E-state index >= 15 is 0 Å². The van der Waals surface area contributed by atoms with E-state index in [9.17, 15) is 4.79 Å². The predicted octanol–water partition coefficient (Wildman–Crippen LogP) is -3.69. The Kier molecular flexibility index (Phi) is 8.81. The summed E-state index contributed by atoms with van der Waals surface area (Å²) in [6.07, 6.45) is -4.63. The quantitative estimate of drug-likeness (QED) is 0.271. The monoisotopic (exact) mass is 267 g/mol. The molecule has 0 unspecified atom stereocenters. The van der Waals surface area contributed by atoms with Crippen LogP contribution in [0.3, 0.4) is 0 Å². The molecule has 4 atom stereocenters. The zero-order valence-electron chi connectivity index (χ0n) is 9.94. The Hall–Kier alpha value is -0.770. The van der Waals surface area contributed by atoms with E-state index < -0.39 is 37.6 Å². The molecule has 0 bridgehead atoms. The lowest BCUT2D eigenvalue weighted by molar-refractivity contribution is -0.123. The van der Waals surface area contributed by atoms with Crippen molar-refractivity contribution in [3.63, 3.8) is 0 Å². The molecule has 0 radical (unpaired) electrons. The fraction of sp³-hybridized carbons (Fsp3) is 0.900. The minimum Gasteiger partial charge on any atom is -0.394 e. The molecule has 18 heavy (non-hydrogen) atoms. The second kappa shape index (κ2) is 9.20. The third-order valence-electron chi connectivity index (χ3n) is 2.42. The summed E-state index contributed by atoms with van der Waals surface area (Å²) in [6.45, 7) is -0.564. The van der Waals surface area contributed by atoms with Gasteiger partial charge >= 0.3 is 0 Å². The van der Waals surface area contributed by atoms with Gasteiger partial charge in [0.15, 0.2) is 0 Å². The van der Waals surface area contributed by atoms with Crippen molar-refractivity contribution in [3.8, 4) is 0 Å². The lowest BCUT2D eigenvalue weighted by Crippen LogP contribution is -2.46. The van der Waals surface area contributed by atoms with Crippen LogP contribution in [0.2, 0.25) is 0 Å². The largest absolute Gasteiger partial charge is 0.394 e. The number of carbonyl (C=O) groups excluding carboxylic acids is 1. The number of nitrogens with one attached hydrogen (secondary N) is 1. The molecule has 1 aliphatic rings. The second-order valence-corrected chi connectivity index (χ2v) is 3.93. The molecule has 0 aromatic rings. The number of aliphatic hydroxyl groups excluding tert-OH is 6. The second-order valence-electron chi connectivity index (χ2n) is 3.93. The molecule has 1 fully saturated rings. The summed E-state index contributed by atoms with van der Waals surface area (Å²) in [5.41, 5.74) is 0. The summed E-state index contributed by atoms with van der Waals surface area (Å²) in [5, 5.41) is 54.9. The van der Waals surface area contributed by atoms with Crippen LogP contribution >= 0.6 is 0 Å². The Morgan fingerprint density at radius 2 is 1.44 bits per heavy atom. The van der Waals surface area contributed by atoms with E-state index in [-0.39, 0.29) is 5.91 Å². The highest BCUT2D eigenvalue weighted by Gasteiger charge is 2.29. The van der Waals surface area contributed by atoms with Crippen molar-refractivity contribution in [2.75, 3.05) is 19.8 Å². The molecule has 1 aliphatic heterocycles. The third kappa shape index (κ3) is 6.24. The maximum atomic E-state index is 10.1. The number of hydrogen-bond donors (Lipinski definition) is 7. The van der Waals surface area contributed by atoms with E-state index in [1.54, 1.807) is 0 Å². The number of amides is 1. The zero-order valence-corrected chi connectivity index (χ0v) is 9.94. The highest BCUT2D eigenvalue weighted by Crippen LogP contribution is 2.04. The van der Waals surface area contributed by atoms with Gasteiger partial charge in [-0.05, 0) is 6.42 Å². The Morgan fingerprint density at radius 3 is 1.61 bits per heavy atom. The molecule has 108 valence electrons. The van der Waals surface area contributed by atoms with Crippen LogP contribution in [0.5, 0.6) is 0 Å². The van der Waals surface area contributed by atoms with E-state index in [0.29, 0.717) is 0 Å². The van der Waals surface area contributed by atoms with E-state index in [1.807, 2.05) is 0 Å². The van der Waals surface area contributed by atoms with Crippen LogP contribution in [0.25, 0.3) is 0 Å². The van der Waals surface area contributed by atoms with Gasteiger partial charge in [0, 0.05) is 13.0 Å². The van der Waals surface area contributed by atoms with Crippen LogP contribution in [-0.2, 0) is 4.79 Å². The average molecular weight is 267 g/mol. The van der Waals surface area contributed by atoms with Crippen LogP contribution in [0.1, 0.15) is 12.8 Å². The van der Waals surface area contributed by atoms with Crippen LogP contribution in [0.4, 0.5) is 0 Å². The van der Waals surface area contributed by atoms with Crippen LogP contribution < -0.4 is 5.32 Å². The third-order valence-corrected chi connectivity index (χ3v) is 2.42. The normalized spacial score (nSPS) is 21.3. The van der Waals surface area contributed by atoms with E-state index in [4.69, 9.17) is 30.6 Å².